The van der Waals surface area contributed by atoms with Crippen molar-refractivity contribution in [2.45, 2.75) is 39.7 Å². The van der Waals surface area contributed by atoms with Crippen LogP contribution in [0.5, 0.6) is 0 Å². The van der Waals surface area contributed by atoms with Crippen molar-refractivity contribution in [2.75, 3.05) is 7.05 Å². The van der Waals surface area contributed by atoms with E-state index in [1.165, 1.54) is 33.9 Å². The molecular formula is C18H22N2O3S. The average Bonchev–Trinajstić information content (AvgIpc) is 2.94. The summed E-state index contributed by atoms with van der Waals surface area (Å²) >= 11 is 1.51. The molecule has 1 amide bonds. The normalized spacial score (nSPS) is 12.0. The van der Waals surface area contributed by atoms with Gasteiger partial charge in [0.1, 0.15) is 0 Å². The highest BCUT2D eigenvalue weighted by Crippen LogP contribution is 2.28. The molecule has 0 radical (unpaired) electrons. The SMILES string of the molecule is CCCc1cc(C(=O)N(C)[C@H](C)c2cccc([N+](=O)[O-])c2)sc1C. The molecule has 1 atom stereocenters. The van der Waals surface area contributed by atoms with Gasteiger partial charge in [0, 0.05) is 24.1 Å². The molecule has 6 heteroatoms. The van der Waals surface area contributed by atoms with Crippen LogP contribution in [0, 0.1) is 17.0 Å². The Balaban J connectivity index is 2.22. The zero-order valence-electron chi connectivity index (χ0n) is 14.4. The van der Waals surface area contributed by atoms with Crippen LogP contribution in [0.3, 0.4) is 0 Å². The molecule has 0 fully saturated rings. The lowest BCUT2D eigenvalue weighted by Crippen LogP contribution is -2.29. The third-order valence-electron chi connectivity index (χ3n) is 4.22. The number of non-ortho nitro benzene ring substituents is 1. The van der Waals surface area contributed by atoms with Crippen LogP contribution >= 0.6 is 11.3 Å². The molecule has 128 valence electrons. The second-order valence-electron chi connectivity index (χ2n) is 5.89. The number of nitro groups is 1. The van der Waals surface area contributed by atoms with Gasteiger partial charge in [-0.25, -0.2) is 0 Å². The predicted molar refractivity (Wildman–Crippen MR) is 96.7 cm³/mol. The number of hydrogen-bond donors (Lipinski definition) is 0. The Kier molecular flexibility index (Phi) is 5.72. The molecule has 0 saturated heterocycles. The molecule has 0 aliphatic heterocycles. The molecule has 2 aromatic rings. The second-order valence-corrected chi connectivity index (χ2v) is 7.14. The van der Waals surface area contributed by atoms with Crippen LogP contribution in [-0.4, -0.2) is 22.8 Å². The van der Waals surface area contributed by atoms with Gasteiger partial charge in [0.15, 0.2) is 0 Å². The summed E-state index contributed by atoms with van der Waals surface area (Å²) in [6, 6.07) is 8.17. The van der Waals surface area contributed by atoms with Gasteiger partial charge in [0.05, 0.1) is 15.8 Å². The molecule has 0 aliphatic rings. The highest BCUT2D eigenvalue weighted by molar-refractivity contribution is 7.14. The Bertz CT molecular complexity index is 754. The lowest BCUT2D eigenvalue weighted by molar-refractivity contribution is -0.384. The van der Waals surface area contributed by atoms with Gasteiger partial charge in [-0.1, -0.05) is 25.5 Å². The van der Waals surface area contributed by atoms with Crippen LogP contribution in [0.15, 0.2) is 30.3 Å². The van der Waals surface area contributed by atoms with Gasteiger partial charge < -0.3 is 4.90 Å². The smallest absolute Gasteiger partial charge is 0.269 e. The van der Waals surface area contributed by atoms with E-state index >= 15 is 0 Å². The number of amides is 1. The fourth-order valence-corrected chi connectivity index (χ4v) is 3.67. The Hall–Kier alpha value is -2.21. The first kappa shape index (κ1) is 18.1. The second kappa shape index (κ2) is 7.57. The van der Waals surface area contributed by atoms with Crippen molar-refractivity contribution in [3.63, 3.8) is 0 Å². The molecule has 0 unspecified atom stereocenters. The van der Waals surface area contributed by atoms with E-state index in [-0.39, 0.29) is 17.6 Å². The summed E-state index contributed by atoms with van der Waals surface area (Å²) in [4.78, 5) is 26.8. The van der Waals surface area contributed by atoms with Crippen molar-refractivity contribution in [3.8, 4) is 0 Å². The summed E-state index contributed by atoms with van der Waals surface area (Å²) in [7, 11) is 1.74. The van der Waals surface area contributed by atoms with Crippen molar-refractivity contribution >= 4 is 22.9 Å². The van der Waals surface area contributed by atoms with Crippen LogP contribution in [-0.2, 0) is 6.42 Å². The summed E-state index contributed by atoms with van der Waals surface area (Å²) in [5, 5.41) is 10.9. The maximum atomic E-state index is 12.8. The zero-order chi connectivity index (χ0) is 17.9. The molecular weight excluding hydrogens is 324 g/mol. The lowest BCUT2D eigenvalue weighted by Gasteiger charge is -2.24. The molecule has 0 spiro atoms. The molecule has 24 heavy (non-hydrogen) atoms. The maximum absolute atomic E-state index is 12.8. The third-order valence-corrected chi connectivity index (χ3v) is 5.30. The van der Waals surface area contributed by atoms with Crippen molar-refractivity contribution in [1.82, 2.24) is 4.90 Å². The number of aryl methyl sites for hydroxylation is 2. The first-order valence-corrected chi connectivity index (χ1v) is 8.77. The zero-order valence-corrected chi connectivity index (χ0v) is 15.2. The van der Waals surface area contributed by atoms with Crippen LogP contribution in [0.25, 0.3) is 0 Å². The Morgan fingerprint density at radius 2 is 2.08 bits per heavy atom. The lowest BCUT2D eigenvalue weighted by atomic mass is 10.1. The fraction of sp³-hybridized carbons (Fsp3) is 0.389. The first-order chi connectivity index (χ1) is 11.3. The van der Waals surface area contributed by atoms with Crippen molar-refractivity contribution in [1.29, 1.82) is 0 Å². The van der Waals surface area contributed by atoms with Gasteiger partial charge in [-0.15, -0.1) is 11.3 Å². The van der Waals surface area contributed by atoms with Gasteiger partial charge >= 0.3 is 0 Å². The minimum absolute atomic E-state index is 0.0393. The van der Waals surface area contributed by atoms with E-state index in [0.717, 1.165) is 23.3 Å². The Morgan fingerprint density at radius 1 is 1.38 bits per heavy atom. The number of benzene rings is 1. The van der Waals surface area contributed by atoms with Crippen LogP contribution in [0.1, 0.15) is 52.0 Å². The number of carbonyl (C=O) groups is 1. The molecule has 0 bridgehead atoms. The molecule has 0 saturated carbocycles. The number of nitrogens with zero attached hydrogens (tertiary/aromatic N) is 2. The minimum atomic E-state index is -0.419. The number of carbonyl (C=O) groups excluding carboxylic acids is 1. The summed E-state index contributed by atoms with van der Waals surface area (Å²) < 4.78 is 0. The summed E-state index contributed by atoms with van der Waals surface area (Å²) in [5.41, 5.74) is 2.02. The van der Waals surface area contributed by atoms with Gasteiger partial charge in [0.25, 0.3) is 11.6 Å². The van der Waals surface area contributed by atoms with Crippen molar-refractivity contribution in [3.05, 3.63) is 61.3 Å². The van der Waals surface area contributed by atoms with E-state index in [1.807, 2.05) is 26.0 Å². The molecule has 5 nitrogen and oxygen atoms in total. The number of hydrogen-bond acceptors (Lipinski definition) is 4. The van der Waals surface area contributed by atoms with E-state index in [0.29, 0.717) is 0 Å². The summed E-state index contributed by atoms with van der Waals surface area (Å²) in [6.07, 6.45) is 2.02. The van der Waals surface area contributed by atoms with E-state index < -0.39 is 4.92 Å². The molecule has 1 aromatic heterocycles. The highest BCUT2D eigenvalue weighted by atomic mass is 32.1. The molecule has 2 rings (SSSR count). The number of nitro benzene ring substituents is 1. The van der Waals surface area contributed by atoms with E-state index in [2.05, 4.69) is 6.92 Å². The van der Waals surface area contributed by atoms with E-state index in [4.69, 9.17) is 0 Å². The monoisotopic (exact) mass is 346 g/mol. The molecule has 0 N–H and O–H groups in total. The summed E-state index contributed by atoms with van der Waals surface area (Å²) in [5.74, 6) is -0.0514. The maximum Gasteiger partial charge on any atom is 0.269 e. The Labute approximate surface area is 146 Å². The van der Waals surface area contributed by atoms with Gasteiger partial charge in [-0.05, 0) is 37.5 Å². The first-order valence-electron chi connectivity index (χ1n) is 7.96. The van der Waals surface area contributed by atoms with Crippen molar-refractivity contribution < 1.29 is 9.72 Å². The van der Waals surface area contributed by atoms with Gasteiger partial charge in [-0.2, -0.15) is 0 Å². The van der Waals surface area contributed by atoms with Crippen molar-refractivity contribution in [2.24, 2.45) is 0 Å². The minimum Gasteiger partial charge on any atom is -0.334 e. The predicted octanol–water partition coefficient (Wildman–Crippen LogP) is 4.75. The largest absolute Gasteiger partial charge is 0.334 e. The van der Waals surface area contributed by atoms with E-state index in [1.54, 1.807) is 18.0 Å². The Morgan fingerprint density at radius 3 is 2.71 bits per heavy atom. The van der Waals surface area contributed by atoms with Crippen LogP contribution < -0.4 is 0 Å². The third kappa shape index (κ3) is 3.82. The quantitative estimate of drug-likeness (QED) is 0.560. The molecule has 1 aromatic carbocycles. The van der Waals surface area contributed by atoms with Crippen LogP contribution in [0.2, 0.25) is 0 Å². The number of thiophene rings is 1. The van der Waals surface area contributed by atoms with Gasteiger partial charge in [0.2, 0.25) is 0 Å². The topological polar surface area (TPSA) is 63.5 Å². The average molecular weight is 346 g/mol. The fourth-order valence-electron chi connectivity index (χ4n) is 2.61. The molecule has 0 aliphatic carbocycles. The highest BCUT2D eigenvalue weighted by Gasteiger charge is 2.22. The number of rotatable bonds is 6. The molecule has 1 heterocycles. The van der Waals surface area contributed by atoms with Gasteiger partial charge in [-0.3, -0.25) is 14.9 Å². The summed E-state index contributed by atoms with van der Waals surface area (Å²) in [6.45, 7) is 6.04. The standard InChI is InChI=1S/C18H22N2O3S/c1-5-7-15-11-17(24-13(15)3)18(21)19(4)12(2)14-8-6-9-16(10-14)20(22)23/h6,8-12H,5,7H2,1-4H3/t12-/m1/s1. The van der Waals surface area contributed by atoms with E-state index in [9.17, 15) is 14.9 Å². The van der Waals surface area contributed by atoms with Crippen LogP contribution in [0.4, 0.5) is 5.69 Å².